The molecule has 1 spiro atoms. The van der Waals surface area contributed by atoms with Gasteiger partial charge in [0, 0.05) is 17.9 Å². The molecule has 34 heavy (non-hydrogen) atoms. The number of amides is 2. The maximum Gasteiger partial charge on any atom is 0.312 e. The Morgan fingerprint density at radius 1 is 1.41 bits per heavy atom. The third-order valence-corrected chi connectivity index (χ3v) is 8.65. The van der Waals surface area contributed by atoms with Gasteiger partial charge in [-0.1, -0.05) is 55.6 Å². The summed E-state index contributed by atoms with van der Waals surface area (Å²) in [6.45, 7) is 12.4. The van der Waals surface area contributed by atoms with Gasteiger partial charge in [0.05, 0.1) is 37.2 Å². The van der Waals surface area contributed by atoms with Crippen LogP contribution < -0.4 is 0 Å². The number of likely N-dealkylation sites (tertiary alicyclic amines) is 1. The molecule has 8 nitrogen and oxygen atoms in total. The molecule has 3 unspecified atom stereocenters. The van der Waals surface area contributed by atoms with Gasteiger partial charge in [-0.15, -0.1) is 6.58 Å². The number of aliphatic hydroxyl groups excluding tert-OH is 1. The maximum atomic E-state index is 14.2. The monoisotopic (exact) mass is 542 g/mol. The fourth-order valence-electron chi connectivity index (χ4n) is 6.00. The molecule has 3 fully saturated rings. The molecule has 2 amide bonds. The predicted molar refractivity (Wildman–Crippen MR) is 131 cm³/mol. The van der Waals surface area contributed by atoms with Crippen molar-refractivity contribution >= 4 is 33.7 Å². The molecule has 0 aliphatic carbocycles. The molecule has 0 radical (unpaired) electrons. The molecule has 2 bridgehead atoms. The van der Waals surface area contributed by atoms with E-state index in [9.17, 15) is 19.5 Å². The summed E-state index contributed by atoms with van der Waals surface area (Å²) >= 11 is 3.66. The smallest absolute Gasteiger partial charge is 0.312 e. The lowest BCUT2D eigenvalue weighted by molar-refractivity contribution is -0.156. The van der Waals surface area contributed by atoms with Crippen LogP contribution in [-0.2, 0) is 23.9 Å². The Balaban J connectivity index is 2.12. The number of unbranched alkanes of at least 4 members (excludes halogenated alkanes) is 1. The second-order valence-electron chi connectivity index (χ2n) is 9.72. The maximum absolute atomic E-state index is 14.2. The van der Waals surface area contributed by atoms with Crippen LogP contribution >= 0.6 is 15.9 Å². The minimum atomic E-state index is -1.14. The molecule has 3 aliphatic rings. The number of hydrogen-bond donors (Lipinski definition) is 1. The first-order valence-corrected chi connectivity index (χ1v) is 13.5. The first-order chi connectivity index (χ1) is 16.2. The van der Waals surface area contributed by atoms with Crippen molar-refractivity contribution in [3.63, 3.8) is 0 Å². The van der Waals surface area contributed by atoms with Gasteiger partial charge < -0.3 is 24.4 Å². The minimum Gasteiger partial charge on any atom is -0.466 e. The molecule has 192 valence electrons. The Labute approximate surface area is 211 Å². The van der Waals surface area contributed by atoms with Crippen molar-refractivity contribution in [1.29, 1.82) is 0 Å². The summed E-state index contributed by atoms with van der Waals surface area (Å²) in [5.41, 5.74) is -1.14. The van der Waals surface area contributed by atoms with Gasteiger partial charge in [-0.25, -0.2) is 0 Å². The lowest BCUT2D eigenvalue weighted by Crippen LogP contribution is -2.60. The summed E-state index contributed by atoms with van der Waals surface area (Å²) in [6, 6.07) is -1.47. The van der Waals surface area contributed by atoms with E-state index < -0.39 is 41.6 Å². The van der Waals surface area contributed by atoms with Crippen LogP contribution in [0, 0.1) is 17.8 Å². The first kappa shape index (κ1) is 27.1. The molecular formula is C25H39BrN2O6. The second kappa shape index (κ2) is 11.1. The number of carbonyl (C=O) groups excluding carboxylic acids is 3. The molecule has 3 aliphatic heterocycles. The van der Waals surface area contributed by atoms with E-state index in [1.54, 1.807) is 22.8 Å². The molecule has 0 saturated carbocycles. The van der Waals surface area contributed by atoms with Crippen LogP contribution in [0.5, 0.6) is 0 Å². The average Bonchev–Trinajstić information content (AvgIpc) is 3.40. The highest BCUT2D eigenvalue weighted by Gasteiger charge is 2.77. The van der Waals surface area contributed by atoms with Crippen LogP contribution in [0.25, 0.3) is 0 Å². The number of alkyl halides is 1. The van der Waals surface area contributed by atoms with E-state index in [2.05, 4.69) is 29.4 Å². The number of nitrogens with zero attached hydrogens (tertiary/aromatic N) is 2. The molecule has 9 heteroatoms. The zero-order chi connectivity index (χ0) is 25.2. The standard InChI is InChI=1S/C25H39BrN2O6/c1-6-10-12-27(11-7-2)23(31)21-25-13-16(26)20(34-25)18(24(32)33-9-4)19(25)22(30)28(21)17(14-29)15(5)8-3/h7,15-21,29H,2,6,8-14H2,1,3-5H3/t15-,16?,17-,18+,19-,20+,21?,25?/m0/s1. The Morgan fingerprint density at radius 2 is 2.12 bits per heavy atom. The van der Waals surface area contributed by atoms with Crippen molar-refractivity contribution in [3.05, 3.63) is 12.7 Å². The van der Waals surface area contributed by atoms with Crippen LogP contribution in [0.1, 0.15) is 53.4 Å². The van der Waals surface area contributed by atoms with Crippen molar-refractivity contribution in [1.82, 2.24) is 9.80 Å². The zero-order valence-corrected chi connectivity index (χ0v) is 22.3. The van der Waals surface area contributed by atoms with Crippen LogP contribution in [0.15, 0.2) is 12.7 Å². The number of halogens is 1. The first-order valence-electron chi connectivity index (χ1n) is 12.5. The Hall–Kier alpha value is -1.45. The van der Waals surface area contributed by atoms with E-state index in [0.29, 0.717) is 19.5 Å². The minimum absolute atomic E-state index is 0.0408. The lowest BCUT2D eigenvalue weighted by Gasteiger charge is -2.41. The molecule has 0 aromatic rings. The van der Waals surface area contributed by atoms with E-state index in [1.165, 1.54) is 0 Å². The summed E-state index contributed by atoms with van der Waals surface area (Å²) in [4.78, 5) is 44.3. The lowest BCUT2D eigenvalue weighted by atomic mass is 9.70. The average molecular weight is 543 g/mol. The fraction of sp³-hybridized carbons (Fsp3) is 0.800. The summed E-state index contributed by atoms with van der Waals surface area (Å²) in [5, 5.41) is 10.4. The molecule has 3 saturated heterocycles. The van der Waals surface area contributed by atoms with Gasteiger partial charge in [0.1, 0.15) is 11.6 Å². The quantitative estimate of drug-likeness (QED) is 0.231. The van der Waals surface area contributed by atoms with Crippen molar-refractivity contribution in [2.75, 3.05) is 26.3 Å². The molecule has 8 atom stereocenters. The topological polar surface area (TPSA) is 96.4 Å². The summed E-state index contributed by atoms with van der Waals surface area (Å²) in [5.74, 6) is -2.62. The fourth-order valence-corrected chi connectivity index (χ4v) is 6.94. The van der Waals surface area contributed by atoms with Crippen LogP contribution in [-0.4, -0.2) is 87.6 Å². The molecular weight excluding hydrogens is 504 g/mol. The second-order valence-corrected chi connectivity index (χ2v) is 10.9. The number of hydrogen-bond acceptors (Lipinski definition) is 6. The van der Waals surface area contributed by atoms with Crippen molar-refractivity contribution in [2.45, 2.75) is 82.0 Å². The Bertz CT molecular complexity index is 793. The van der Waals surface area contributed by atoms with Crippen LogP contribution in [0.3, 0.4) is 0 Å². The van der Waals surface area contributed by atoms with E-state index in [-0.39, 0.29) is 35.8 Å². The van der Waals surface area contributed by atoms with Crippen molar-refractivity contribution in [3.8, 4) is 0 Å². The molecule has 3 heterocycles. The van der Waals surface area contributed by atoms with Gasteiger partial charge in [0.2, 0.25) is 11.8 Å². The van der Waals surface area contributed by atoms with Gasteiger partial charge in [0.25, 0.3) is 0 Å². The number of aliphatic hydroxyl groups is 1. The molecule has 0 aromatic carbocycles. The summed E-state index contributed by atoms with van der Waals surface area (Å²) in [6.07, 6.45) is 4.05. The number of rotatable bonds is 12. The van der Waals surface area contributed by atoms with Crippen LogP contribution in [0.2, 0.25) is 0 Å². The van der Waals surface area contributed by atoms with Gasteiger partial charge in [-0.05, 0) is 25.7 Å². The number of carbonyl (C=O) groups is 3. The molecule has 0 aromatic heterocycles. The van der Waals surface area contributed by atoms with E-state index in [1.807, 2.05) is 13.8 Å². The van der Waals surface area contributed by atoms with Gasteiger partial charge in [-0.3, -0.25) is 14.4 Å². The zero-order valence-electron chi connectivity index (χ0n) is 20.7. The van der Waals surface area contributed by atoms with Gasteiger partial charge in [-0.2, -0.15) is 0 Å². The van der Waals surface area contributed by atoms with E-state index in [4.69, 9.17) is 9.47 Å². The Kier molecular flexibility index (Phi) is 8.85. The number of fused-ring (bicyclic) bond motifs is 1. The largest absolute Gasteiger partial charge is 0.466 e. The highest BCUT2D eigenvalue weighted by Crippen LogP contribution is 2.61. The highest BCUT2D eigenvalue weighted by atomic mass is 79.9. The SMILES string of the molecule is C=CCN(CCCC)C(=O)C1N([C@@H](CO)[C@@H](C)CC)C(=O)[C@@H]2[C@@H](C(=O)OCC)[C@@H]3OC12CC3Br. The van der Waals surface area contributed by atoms with Crippen molar-refractivity contribution < 1.29 is 29.0 Å². The highest BCUT2D eigenvalue weighted by molar-refractivity contribution is 9.09. The third kappa shape index (κ3) is 4.32. The molecule has 3 rings (SSSR count). The van der Waals surface area contributed by atoms with Crippen LogP contribution in [0.4, 0.5) is 0 Å². The normalized spacial score (nSPS) is 33.5. The summed E-state index contributed by atoms with van der Waals surface area (Å²) < 4.78 is 11.8. The predicted octanol–water partition coefficient (Wildman–Crippen LogP) is 2.52. The van der Waals surface area contributed by atoms with E-state index >= 15 is 0 Å². The number of esters is 1. The molecule has 1 N–H and O–H groups in total. The summed E-state index contributed by atoms with van der Waals surface area (Å²) in [7, 11) is 0. The number of ether oxygens (including phenoxy) is 2. The van der Waals surface area contributed by atoms with Gasteiger partial charge >= 0.3 is 5.97 Å². The van der Waals surface area contributed by atoms with Crippen molar-refractivity contribution in [2.24, 2.45) is 17.8 Å². The van der Waals surface area contributed by atoms with E-state index in [0.717, 1.165) is 19.3 Å². The van der Waals surface area contributed by atoms with Gasteiger partial charge in [0.15, 0.2) is 0 Å². The third-order valence-electron chi connectivity index (χ3n) is 7.81. The Morgan fingerprint density at radius 3 is 2.68 bits per heavy atom.